The van der Waals surface area contributed by atoms with Gasteiger partial charge in [0.2, 0.25) is 0 Å². The Morgan fingerprint density at radius 3 is 0.912 bits per heavy atom. The molecule has 0 aliphatic rings. The first-order valence-electron chi connectivity index (χ1n) is 14.4. The second-order valence-corrected chi connectivity index (χ2v) is 8.85. The predicted octanol–water partition coefficient (Wildman–Crippen LogP) is 6.31. The van der Waals surface area contributed by atoms with Gasteiger partial charge in [0.15, 0.2) is 0 Å². The average molecular weight is 493 g/mol. The van der Waals surface area contributed by atoms with Crippen LogP contribution in [0.5, 0.6) is 0 Å². The largest absolute Gasteiger partial charge is 0.394 e. The quantitative estimate of drug-likeness (QED) is 0.125. The van der Waals surface area contributed by atoms with Crippen LogP contribution in [-0.2, 0) is 18.9 Å². The normalized spacial score (nSPS) is 10.9. The van der Waals surface area contributed by atoms with Gasteiger partial charge < -0.3 is 29.2 Å². The van der Waals surface area contributed by atoms with Crippen LogP contribution in [0.3, 0.4) is 0 Å². The van der Waals surface area contributed by atoms with E-state index < -0.39 is 0 Å². The Morgan fingerprint density at radius 2 is 0.588 bits per heavy atom. The van der Waals surface area contributed by atoms with Crippen molar-refractivity contribution >= 4 is 0 Å². The van der Waals surface area contributed by atoms with Crippen LogP contribution in [0.25, 0.3) is 0 Å². The van der Waals surface area contributed by atoms with Gasteiger partial charge >= 0.3 is 0 Å². The van der Waals surface area contributed by atoms with Gasteiger partial charge in [0.05, 0.1) is 52.9 Å². The fourth-order valence-corrected chi connectivity index (χ4v) is 3.45. The third-order valence-corrected chi connectivity index (χ3v) is 5.50. The summed E-state index contributed by atoms with van der Waals surface area (Å²) in [7, 11) is 0. The highest BCUT2D eigenvalue weighted by Gasteiger charge is 1.94. The number of hydrogen-bond acceptors (Lipinski definition) is 6. The van der Waals surface area contributed by atoms with Gasteiger partial charge in [-0.15, -0.1) is 0 Å². The lowest BCUT2D eigenvalue weighted by molar-refractivity contribution is 0.00230. The molecule has 0 amide bonds. The van der Waals surface area contributed by atoms with Crippen LogP contribution < -0.4 is 0 Å². The molecule has 0 aromatic heterocycles. The minimum atomic E-state index is 0.0413. The van der Waals surface area contributed by atoms with E-state index in [2.05, 4.69) is 13.8 Å². The zero-order chi connectivity index (χ0) is 25.2. The summed E-state index contributed by atoms with van der Waals surface area (Å²) in [4.78, 5) is 0. The van der Waals surface area contributed by atoms with Gasteiger partial charge in [-0.3, -0.25) is 0 Å². The highest BCUT2D eigenvalue weighted by Crippen LogP contribution is 2.10. The highest BCUT2D eigenvalue weighted by atomic mass is 16.5. The molecule has 0 unspecified atom stereocenters. The molecule has 34 heavy (non-hydrogen) atoms. The Morgan fingerprint density at radius 1 is 0.324 bits per heavy atom. The van der Waals surface area contributed by atoms with Gasteiger partial charge in [-0.1, -0.05) is 104 Å². The molecule has 0 fully saturated rings. The zero-order valence-electron chi connectivity index (χ0n) is 22.9. The van der Waals surface area contributed by atoms with Crippen LogP contribution in [0.4, 0.5) is 0 Å². The summed E-state index contributed by atoms with van der Waals surface area (Å²) >= 11 is 0. The third kappa shape index (κ3) is 39.0. The van der Waals surface area contributed by atoms with Crippen LogP contribution in [0.1, 0.15) is 117 Å². The van der Waals surface area contributed by atoms with E-state index in [4.69, 9.17) is 29.2 Å². The van der Waals surface area contributed by atoms with Gasteiger partial charge in [0.1, 0.15) is 0 Å². The van der Waals surface area contributed by atoms with Crippen molar-refractivity contribution < 1.29 is 29.2 Å². The molecule has 0 radical (unpaired) electrons. The second-order valence-electron chi connectivity index (χ2n) is 8.85. The molecule has 2 N–H and O–H groups in total. The molecular weight excluding hydrogens is 432 g/mol. The van der Waals surface area contributed by atoms with Gasteiger partial charge in [-0.2, -0.15) is 0 Å². The Bertz CT molecular complexity index is 289. The van der Waals surface area contributed by atoms with Crippen molar-refractivity contribution in [2.75, 3.05) is 66.1 Å². The molecule has 0 aliphatic heterocycles. The summed E-state index contributed by atoms with van der Waals surface area (Å²) in [6.07, 6.45) is 22.2. The monoisotopic (exact) mass is 492 g/mol. The van der Waals surface area contributed by atoms with Gasteiger partial charge in [-0.05, 0) is 12.8 Å². The third-order valence-electron chi connectivity index (χ3n) is 5.50. The van der Waals surface area contributed by atoms with Crippen LogP contribution in [0.2, 0.25) is 0 Å². The Hall–Kier alpha value is -0.240. The number of hydrogen-bond donors (Lipinski definition) is 2. The minimum absolute atomic E-state index is 0.0413. The zero-order valence-corrected chi connectivity index (χ0v) is 22.9. The molecule has 0 atom stereocenters. The lowest BCUT2D eigenvalue weighted by Crippen LogP contribution is -2.11. The fourth-order valence-electron chi connectivity index (χ4n) is 3.45. The summed E-state index contributed by atoms with van der Waals surface area (Å²) < 4.78 is 20.7. The van der Waals surface area contributed by atoms with Crippen molar-refractivity contribution in [3.63, 3.8) is 0 Å². The molecule has 6 heteroatoms. The van der Waals surface area contributed by atoms with E-state index in [9.17, 15) is 0 Å². The van der Waals surface area contributed by atoms with Crippen molar-refractivity contribution in [1.29, 1.82) is 0 Å². The molecule has 0 saturated heterocycles. The molecule has 208 valence electrons. The second kappa shape index (κ2) is 37.3. The predicted molar refractivity (Wildman–Crippen MR) is 143 cm³/mol. The number of unbranched alkanes of at least 4 members (excludes halogenated alkanes) is 14. The van der Waals surface area contributed by atoms with Crippen molar-refractivity contribution in [1.82, 2.24) is 0 Å². The molecule has 0 rings (SSSR count). The maximum absolute atomic E-state index is 8.36. The molecule has 6 nitrogen and oxygen atoms in total. The molecule has 0 bridgehead atoms. The average Bonchev–Trinajstić information content (AvgIpc) is 2.85. The SMILES string of the molecule is CCCCCCCCCCOCCCCCCCCCC.OCCOCCOCCOCCO. The molecule has 0 saturated carbocycles. The van der Waals surface area contributed by atoms with E-state index in [0.29, 0.717) is 39.6 Å². The topological polar surface area (TPSA) is 77.4 Å². The molecule has 0 aliphatic carbocycles. The van der Waals surface area contributed by atoms with E-state index in [0.717, 1.165) is 13.2 Å². The number of aliphatic hydroxyl groups excluding tert-OH is 2. The number of ether oxygens (including phenoxy) is 4. The van der Waals surface area contributed by atoms with Gasteiger partial charge in [0, 0.05) is 13.2 Å². The Labute approximate surface area is 212 Å². The van der Waals surface area contributed by atoms with Crippen molar-refractivity contribution in [3.05, 3.63) is 0 Å². The fraction of sp³-hybridized carbons (Fsp3) is 1.00. The van der Waals surface area contributed by atoms with Crippen LogP contribution >= 0.6 is 0 Å². The highest BCUT2D eigenvalue weighted by molar-refractivity contribution is 4.47. The molecule has 0 heterocycles. The maximum atomic E-state index is 8.36. The Balaban J connectivity index is 0. The molecule has 0 aromatic rings. The number of aliphatic hydroxyl groups is 2. The van der Waals surface area contributed by atoms with Crippen molar-refractivity contribution in [2.24, 2.45) is 0 Å². The smallest absolute Gasteiger partial charge is 0.0701 e. The molecule has 0 aromatic carbocycles. The maximum Gasteiger partial charge on any atom is 0.0701 e. The standard InChI is InChI=1S/C20H42O.C8H18O5/c1-3-5-7-9-11-13-15-17-19-21-20-18-16-14-12-10-8-6-4-2;9-1-3-11-5-7-13-8-6-12-4-2-10/h3-20H2,1-2H3;9-10H,1-8H2. The lowest BCUT2D eigenvalue weighted by atomic mass is 10.1. The van der Waals surface area contributed by atoms with Crippen molar-refractivity contribution in [2.45, 2.75) is 117 Å². The van der Waals surface area contributed by atoms with E-state index in [1.165, 1.54) is 103 Å². The summed E-state index contributed by atoms with van der Waals surface area (Å²) in [6, 6.07) is 0. The summed E-state index contributed by atoms with van der Waals surface area (Å²) in [5, 5.41) is 16.7. The lowest BCUT2D eigenvalue weighted by Gasteiger charge is -2.05. The minimum Gasteiger partial charge on any atom is -0.394 e. The van der Waals surface area contributed by atoms with Crippen LogP contribution in [0, 0.1) is 0 Å². The van der Waals surface area contributed by atoms with E-state index in [1.54, 1.807) is 0 Å². The van der Waals surface area contributed by atoms with Crippen LogP contribution in [-0.4, -0.2) is 76.3 Å². The van der Waals surface area contributed by atoms with Crippen LogP contribution in [0.15, 0.2) is 0 Å². The first kappa shape index (κ1) is 35.9. The first-order valence-corrected chi connectivity index (χ1v) is 14.4. The Kier molecular flexibility index (Phi) is 39.4. The van der Waals surface area contributed by atoms with E-state index in [1.807, 2.05) is 0 Å². The van der Waals surface area contributed by atoms with E-state index >= 15 is 0 Å². The van der Waals surface area contributed by atoms with Gasteiger partial charge in [0.25, 0.3) is 0 Å². The first-order chi connectivity index (χ1) is 16.8. The van der Waals surface area contributed by atoms with Gasteiger partial charge in [-0.25, -0.2) is 0 Å². The summed E-state index contributed by atoms with van der Waals surface area (Å²) in [6.45, 7) is 9.31. The van der Waals surface area contributed by atoms with E-state index in [-0.39, 0.29) is 13.2 Å². The summed E-state index contributed by atoms with van der Waals surface area (Å²) in [5.41, 5.74) is 0. The molecule has 0 spiro atoms. The molecular formula is C28H60O6. The van der Waals surface area contributed by atoms with Crippen molar-refractivity contribution in [3.8, 4) is 0 Å². The summed E-state index contributed by atoms with van der Waals surface area (Å²) in [5.74, 6) is 0. The number of rotatable bonds is 28.